The Morgan fingerprint density at radius 2 is 0.918 bits per heavy atom. The van der Waals surface area contributed by atoms with Crippen molar-refractivity contribution in [1.29, 1.82) is 0 Å². The first kappa shape index (κ1) is 37.8. The van der Waals surface area contributed by atoms with Gasteiger partial charge in [-0.25, -0.2) is 0 Å². The predicted molar refractivity (Wildman–Crippen MR) is 263 cm³/mol. The topological polar surface area (TPSA) is 3.24 Å². The van der Waals surface area contributed by atoms with Gasteiger partial charge in [-0.05, 0) is 122 Å². The highest BCUT2D eigenvalue weighted by Gasteiger charge is 2.43. The summed E-state index contributed by atoms with van der Waals surface area (Å²) in [5, 5.41) is 2.64. The first-order valence-corrected chi connectivity index (χ1v) is 22.7. The van der Waals surface area contributed by atoms with Crippen LogP contribution in [-0.4, -0.2) is 0 Å². The quantitative estimate of drug-likeness (QED) is 0.162. The Bertz CT molecular complexity index is 3160. The third-order valence-electron chi connectivity index (χ3n) is 14.2. The number of anilines is 3. The molecule has 0 unspecified atom stereocenters. The van der Waals surface area contributed by atoms with Crippen LogP contribution in [0.15, 0.2) is 176 Å². The van der Waals surface area contributed by atoms with E-state index in [0.717, 1.165) is 17.1 Å². The average Bonchev–Trinajstić information content (AvgIpc) is 3.76. The lowest BCUT2D eigenvalue weighted by molar-refractivity contribution is 0.331. The van der Waals surface area contributed by atoms with Gasteiger partial charge in [0.2, 0.25) is 0 Å². The zero-order chi connectivity index (χ0) is 41.7. The molecule has 0 bridgehead atoms. The lowest BCUT2D eigenvalue weighted by Crippen LogP contribution is -2.34. The molecule has 8 aromatic carbocycles. The first-order valence-electron chi connectivity index (χ1n) is 21.9. The Morgan fingerprint density at radius 1 is 0.377 bits per heavy atom. The van der Waals surface area contributed by atoms with Crippen molar-refractivity contribution in [3.63, 3.8) is 0 Å². The SMILES string of the molecule is CC1(C)CCC(C)(C)c2cc3c(cc21)-c1ccc(N(c2ccccc2-c2ccc(-c4ccccc4)cc2)c2ccccc2-c2ccc4c(c2)sc2ccccc24)cc1C3(C)C. The van der Waals surface area contributed by atoms with Gasteiger partial charge in [0.15, 0.2) is 0 Å². The molecule has 298 valence electrons. The second-order valence-corrected chi connectivity index (χ2v) is 20.3. The second kappa shape index (κ2) is 13.9. The summed E-state index contributed by atoms with van der Waals surface area (Å²) in [5.41, 5.74) is 19.5. The lowest BCUT2D eigenvalue weighted by atomic mass is 9.62. The monoisotopic (exact) mass is 805 g/mol. The summed E-state index contributed by atoms with van der Waals surface area (Å²) in [5.74, 6) is 0. The highest BCUT2D eigenvalue weighted by Crippen LogP contribution is 2.56. The van der Waals surface area contributed by atoms with Gasteiger partial charge in [0.25, 0.3) is 0 Å². The summed E-state index contributed by atoms with van der Waals surface area (Å²) < 4.78 is 2.64. The fourth-order valence-electron chi connectivity index (χ4n) is 10.5. The summed E-state index contributed by atoms with van der Waals surface area (Å²) >= 11 is 1.88. The number of para-hydroxylation sites is 2. The molecule has 11 rings (SSSR count). The molecular weight excluding hydrogens is 755 g/mol. The maximum Gasteiger partial charge on any atom is 0.0540 e. The molecule has 0 saturated heterocycles. The van der Waals surface area contributed by atoms with Crippen LogP contribution in [0.2, 0.25) is 0 Å². The van der Waals surface area contributed by atoms with Crippen molar-refractivity contribution in [2.75, 3.05) is 4.90 Å². The van der Waals surface area contributed by atoms with Crippen molar-refractivity contribution in [2.45, 2.75) is 70.6 Å². The maximum absolute atomic E-state index is 2.59. The van der Waals surface area contributed by atoms with Crippen LogP contribution in [0.4, 0.5) is 17.1 Å². The minimum Gasteiger partial charge on any atom is -0.309 e. The smallest absolute Gasteiger partial charge is 0.0540 e. The van der Waals surface area contributed by atoms with E-state index in [1.54, 1.807) is 0 Å². The molecule has 0 aliphatic heterocycles. The van der Waals surface area contributed by atoms with Gasteiger partial charge in [0.05, 0.1) is 11.4 Å². The standard InChI is InChI=1S/C59H51NS/c1-57(2)32-33-58(3,4)52-37-50-48(36-51(52)57)45-31-29-42(35-49(45)59(50,5)6)60(53-21-13-10-18-43(53)40-26-24-39(25-27-40)38-16-8-7-9-17-38)54-22-14-11-19-44(54)41-28-30-47-46-20-12-15-23-55(46)61-56(47)34-41/h7-31,34-37H,32-33H2,1-6H3. The third kappa shape index (κ3) is 6.10. The van der Waals surface area contributed by atoms with Crippen LogP contribution in [0.3, 0.4) is 0 Å². The molecule has 1 aromatic heterocycles. The molecule has 0 fully saturated rings. The van der Waals surface area contributed by atoms with Gasteiger partial charge >= 0.3 is 0 Å². The van der Waals surface area contributed by atoms with E-state index >= 15 is 0 Å². The highest BCUT2D eigenvalue weighted by atomic mass is 32.1. The number of benzene rings is 8. The fraction of sp³-hybridized carbons (Fsp3) is 0.186. The number of hydrogen-bond acceptors (Lipinski definition) is 2. The fourth-order valence-corrected chi connectivity index (χ4v) is 11.7. The molecule has 2 heteroatoms. The van der Waals surface area contributed by atoms with Crippen LogP contribution in [-0.2, 0) is 16.2 Å². The van der Waals surface area contributed by atoms with Gasteiger partial charge in [-0.1, -0.05) is 175 Å². The van der Waals surface area contributed by atoms with Crippen molar-refractivity contribution in [3.8, 4) is 44.5 Å². The van der Waals surface area contributed by atoms with Crippen LogP contribution in [0.1, 0.15) is 76.6 Å². The number of fused-ring (bicyclic) bond motifs is 7. The third-order valence-corrected chi connectivity index (χ3v) is 15.3. The van der Waals surface area contributed by atoms with E-state index in [0.29, 0.717) is 0 Å². The number of hydrogen-bond donors (Lipinski definition) is 0. The van der Waals surface area contributed by atoms with Gasteiger partial charge < -0.3 is 4.90 Å². The van der Waals surface area contributed by atoms with E-state index in [1.165, 1.54) is 99.8 Å². The Labute approximate surface area is 365 Å². The van der Waals surface area contributed by atoms with E-state index in [2.05, 4.69) is 222 Å². The molecule has 1 heterocycles. The summed E-state index contributed by atoms with van der Waals surface area (Å²) in [6.07, 6.45) is 2.42. The summed E-state index contributed by atoms with van der Waals surface area (Å²) in [6.45, 7) is 14.7. The molecule has 0 atom stereocenters. The zero-order valence-electron chi connectivity index (χ0n) is 36.0. The van der Waals surface area contributed by atoms with Crippen molar-refractivity contribution in [2.24, 2.45) is 0 Å². The summed E-state index contributed by atoms with van der Waals surface area (Å²) in [6, 6.07) is 66.0. The van der Waals surface area contributed by atoms with Crippen molar-refractivity contribution in [3.05, 3.63) is 198 Å². The number of rotatable bonds is 6. The van der Waals surface area contributed by atoms with Crippen LogP contribution >= 0.6 is 11.3 Å². The molecule has 0 N–H and O–H groups in total. The molecule has 9 aromatic rings. The molecule has 2 aliphatic rings. The van der Waals surface area contributed by atoms with Gasteiger partial charge in [0, 0.05) is 42.4 Å². The minimum atomic E-state index is -0.169. The molecule has 0 spiro atoms. The molecule has 0 saturated carbocycles. The molecule has 61 heavy (non-hydrogen) atoms. The Morgan fingerprint density at radius 3 is 1.64 bits per heavy atom. The Balaban J connectivity index is 1.11. The van der Waals surface area contributed by atoms with Crippen LogP contribution in [0.25, 0.3) is 64.7 Å². The van der Waals surface area contributed by atoms with Crippen LogP contribution in [0, 0.1) is 0 Å². The van der Waals surface area contributed by atoms with E-state index < -0.39 is 0 Å². The van der Waals surface area contributed by atoms with E-state index in [1.807, 2.05) is 11.3 Å². The van der Waals surface area contributed by atoms with Gasteiger partial charge in [0.1, 0.15) is 0 Å². The molecule has 2 aliphatic carbocycles. The van der Waals surface area contributed by atoms with Gasteiger partial charge in [-0.3, -0.25) is 0 Å². The Kier molecular flexibility index (Phi) is 8.61. The highest BCUT2D eigenvalue weighted by molar-refractivity contribution is 7.25. The average molecular weight is 806 g/mol. The normalized spacial score (nSPS) is 15.6. The zero-order valence-corrected chi connectivity index (χ0v) is 36.8. The van der Waals surface area contributed by atoms with Crippen molar-refractivity contribution < 1.29 is 0 Å². The molecule has 0 amide bonds. The number of thiophene rings is 1. The predicted octanol–water partition coefficient (Wildman–Crippen LogP) is 17.2. The number of nitrogens with zero attached hydrogens (tertiary/aromatic N) is 1. The van der Waals surface area contributed by atoms with Crippen molar-refractivity contribution >= 4 is 48.6 Å². The summed E-state index contributed by atoms with van der Waals surface area (Å²) in [4.78, 5) is 2.53. The summed E-state index contributed by atoms with van der Waals surface area (Å²) in [7, 11) is 0. The molecule has 0 radical (unpaired) electrons. The van der Waals surface area contributed by atoms with E-state index in [9.17, 15) is 0 Å². The van der Waals surface area contributed by atoms with Gasteiger partial charge in [-0.2, -0.15) is 0 Å². The first-order chi connectivity index (χ1) is 29.5. The van der Waals surface area contributed by atoms with E-state index in [4.69, 9.17) is 0 Å². The second-order valence-electron chi connectivity index (χ2n) is 19.2. The van der Waals surface area contributed by atoms with Crippen LogP contribution in [0.5, 0.6) is 0 Å². The Hall–Kier alpha value is -6.22. The molecular formula is C59H51NS. The minimum absolute atomic E-state index is 0.148. The largest absolute Gasteiger partial charge is 0.309 e. The maximum atomic E-state index is 2.59. The lowest BCUT2D eigenvalue weighted by Gasteiger charge is -2.42. The van der Waals surface area contributed by atoms with E-state index in [-0.39, 0.29) is 16.2 Å². The molecule has 1 nitrogen and oxygen atoms in total. The van der Waals surface area contributed by atoms with Crippen molar-refractivity contribution in [1.82, 2.24) is 0 Å². The van der Waals surface area contributed by atoms with Crippen LogP contribution < -0.4 is 4.90 Å². The van der Waals surface area contributed by atoms with Gasteiger partial charge in [-0.15, -0.1) is 11.3 Å².